The number of fused-ring (bicyclic) bond motifs is 1. The molecular formula is C17H20N2O5S2. The fourth-order valence-corrected chi connectivity index (χ4v) is 7.06. The van der Waals surface area contributed by atoms with Gasteiger partial charge in [0.1, 0.15) is 0 Å². The zero-order chi connectivity index (χ0) is 18.9. The van der Waals surface area contributed by atoms with Crippen LogP contribution in [0.1, 0.15) is 24.8 Å². The molecule has 2 aliphatic rings. The quantitative estimate of drug-likeness (QED) is 0.810. The Morgan fingerprint density at radius 2 is 1.92 bits per heavy atom. The summed E-state index contributed by atoms with van der Waals surface area (Å²) in [6.07, 6.45) is 0.224. The number of hydrogen-bond acceptors (Lipinski definition) is 5. The first-order chi connectivity index (χ1) is 12.2. The van der Waals surface area contributed by atoms with Crippen molar-refractivity contribution in [3.63, 3.8) is 0 Å². The number of carboxylic acids is 1. The zero-order valence-electron chi connectivity index (χ0n) is 14.3. The first-order valence-corrected chi connectivity index (χ1v) is 11.0. The highest BCUT2D eigenvalue weighted by Crippen LogP contribution is 2.41. The summed E-state index contributed by atoms with van der Waals surface area (Å²) in [7, 11) is -3.10. The molecule has 2 fully saturated rings. The molecule has 140 valence electrons. The molecule has 3 rings (SSSR count). The summed E-state index contributed by atoms with van der Waals surface area (Å²) in [5.41, 5.74) is 1.89. The van der Waals surface area contributed by atoms with Crippen molar-refractivity contribution in [2.45, 2.75) is 37.5 Å². The highest BCUT2D eigenvalue weighted by molar-refractivity contribution is 8.16. The van der Waals surface area contributed by atoms with Crippen molar-refractivity contribution in [3.8, 4) is 0 Å². The van der Waals surface area contributed by atoms with Crippen LogP contribution in [0.5, 0.6) is 0 Å². The average Bonchev–Trinajstić information content (AvgIpc) is 2.99. The second-order valence-corrected chi connectivity index (χ2v) is 9.90. The smallest absolute Gasteiger partial charge is 0.303 e. The number of rotatable bonds is 5. The van der Waals surface area contributed by atoms with Gasteiger partial charge < -0.3 is 10.0 Å². The molecule has 1 N–H and O–H groups in total. The van der Waals surface area contributed by atoms with Gasteiger partial charge in [0.05, 0.1) is 17.5 Å². The number of amides is 1. The summed E-state index contributed by atoms with van der Waals surface area (Å²) < 4.78 is 24.0. The molecule has 2 heterocycles. The van der Waals surface area contributed by atoms with E-state index >= 15 is 0 Å². The van der Waals surface area contributed by atoms with Crippen molar-refractivity contribution in [2.75, 3.05) is 16.4 Å². The van der Waals surface area contributed by atoms with E-state index in [1.807, 2.05) is 36.1 Å². The van der Waals surface area contributed by atoms with Crippen LogP contribution in [0, 0.1) is 6.92 Å². The number of carbonyl (C=O) groups is 2. The topological polar surface area (TPSA) is 104 Å². The summed E-state index contributed by atoms with van der Waals surface area (Å²) in [5, 5.41) is 9.02. The molecule has 0 saturated carbocycles. The highest BCUT2D eigenvalue weighted by atomic mass is 32.2. The molecule has 2 saturated heterocycles. The molecule has 1 aromatic rings. The van der Waals surface area contributed by atoms with Crippen LogP contribution in [0.2, 0.25) is 0 Å². The van der Waals surface area contributed by atoms with Crippen molar-refractivity contribution in [3.05, 3.63) is 29.8 Å². The van der Waals surface area contributed by atoms with Crippen LogP contribution in [0.15, 0.2) is 29.3 Å². The van der Waals surface area contributed by atoms with Crippen molar-refractivity contribution >= 4 is 44.3 Å². The lowest BCUT2D eigenvalue weighted by Crippen LogP contribution is -2.37. The standard InChI is InChI=1S/C17H20N2O5S2/c1-11-5-7-12(8-6-11)19-13-9-26(23,24)10-14(13)25-17(19)18-15(20)3-2-4-16(21)22/h5-8,13-14H,2-4,9-10H2,1H3,(H,21,22)/t13-,14-/m1/s1. The zero-order valence-corrected chi connectivity index (χ0v) is 15.9. The third-order valence-corrected chi connectivity index (χ3v) is 7.59. The fourth-order valence-electron chi connectivity index (χ4n) is 3.13. The van der Waals surface area contributed by atoms with E-state index in [-0.39, 0.29) is 48.0 Å². The van der Waals surface area contributed by atoms with Gasteiger partial charge in [0, 0.05) is 23.8 Å². The SMILES string of the molecule is Cc1ccc(N2C(=NC(=O)CCCC(=O)O)S[C@@H]3CS(=O)(=O)C[C@H]32)cc1. The van der Waals surface area contributed by atoms with Gasteiger partial charge in [-0.1, -0.05) is 29.5 Å². The summed E-state index contributed by atoms with van der Waals surface area (Å²) in [6, 6.07) is 7.42. The first-order valence-electron chi connectivity index (χ1n) is 8.31. The van der Waals surface area contributed by atoms with Crippen LogP contribution in [0.3, 0.4) is 0 Å². The molecule has 0 aromatic heterocycles. The van der Waals surface area contributed by atoms with Gasteiger partial charge in [0.15, 0.2) is 15.0 Å². The fraction of sp³-hybridized carbons (Fsp3) is 0.471. The Hall–Kier alpha value is -1.87. The van der Waals surface area contributed by atoms with Gasteiger partial charge in [0.2, 0.25) is 5.91 Å². The predicted octanol–water partition coefficient (Wildman–Crippen LogP) is 1.85. The Balaban J connectivity index is 1.84. The summed E-state index contributed by atoms with van der Waals surface area (Å²) in [5.74, 6) is -1.20. The van der Waals surface area contributed by atoms with Crippen molar-refractivity contribution in [1.29, 1.82) is 0 Å². The number of hydrogen-bond donors (Lipinski definition) is 1. The number of sulfone groups is 1. The molecule has 26 heavy (non-hydrogen) atoms. The van der Waals surface area contributed by atoms with E-state index in [1.165, 1.54) is 11.8 Å². The van der Waals surface area contributed by atoms with Crippen LogP contribution in [0.25, 0.3) is 0 Å². The van der Waals surface area contributed by atoms with E-state index in [4.69, 9.17) is 5.11 Å². The molecule has 0 bridgehead atoms. The van der Waals surface area contributed by atoms with Crippen molar-refractivity contribution in [2.24, 2.45) is 4.99 Å². The van der Waals surface area contributed by atoms with Gasteiger partial charge >= 0.3 is 5.97 Å². The number of aryl methyl sites for hydroxylation is 1. The molecule has 1 aromatic carbocycles. The number of aliphatic imine (C=N–C) groups is 1. The maximum absolute atomic E-state index is 12.1. The lowest BCUT2D eigenvalue weighted by molar-refractivity contribution is -0.137. The molecule has 1 amide bonds. The van der Waals surface area contributed by atoms with E-state index in [0.29, 0.717) is 5.17 Å². The number of amidine groups is 1. The van der Waals surface area contributed by atoms with Crippen LogP contribution >= 0.6 is 11.8 Å². The van der Waals surface area contributed by atoms with E-state index in [2.05, 4.69) is 4.99 Å². The molecule has 0 radical (unpaired) electrons. The Bertz CT molecular complexity index is 848. The number of benzene rings is 1. The third kappa shape index (κ3) is 4.27. The van der Waals surface area contributed by atoms with Crippen LogP contribution in [0.4, 0.5) is 5.69 Å². The second-order valence-electron chi connectivity index (χ2n) is 6.54. The van der Waals surface area contributed by atoms with Crippen LogP contribution < -0.4 is 4.90 Å². The molecule has 0 unspecified atom stereocenters. The minimum Gasteiger partial charge on any atom is -0.481 e. The number of nitrogens with zero attached hydrogens (tertiary/aromatic N) is 2. The summed E-state index contributed by atoms with van der Waals surface area (Å²) >= 11 is 1.32. The van der Waals surface area contributed by atoms with Crippen molar-refractivity contribution < 1.29 is 23.1 Å². The average molecular weight is 396 g/mol. The summed E-state index contributed by atoms with van der Waals surface area (Å²) in [4.78, 5) is 28.7. The number of carbonyl (C=O) groups excluding carboxylic acids is 1. The normalized spacial score (nSPS) is 25.4. The second kappa shape index (κ2) is 7.40. The largest absolute Gasteiger partial charge is 0.481 e. The van der Waals surface area contributed by atoms with E-state index in [9.17, 15) is 18.0 Å². The maximum atomic E-state index is 12.1. The Kier molecular flexibility index (Phi) is 5.38. The minimum absolute atomic E-state index is 0.0464. The minimum atomic E-state index is -3.10. The molecule has 7 nitrogen and oxygen atoms in total. The molecular weight excluding hydrogens is 376 g/mol. The predicted molar refractivity (Wildman–Crippen MR) is 101 cm³/mol. The number of aliphatic carboxylic acids is 1. The monoisotopic (exact) mass is 396 g/mol. The van der Waals surface area contributed by atoms with Gasteiger partial charge in [-0.25, -0.2) is 8.42 Å². The summed E-state index contributed by atoms with van der Waals surface area (Å²) in [6.45, 7) is 1.96. The molecule has 0 spiro atoms. The van der Waals surface area contributed by atoms with Gasteiger partial charge in [-0.2, -0.15) is 4.99 Å². The van der Waals surface area contributed by atoms with E-state index < -0.39 is 15.8 Å². The number of anilines is 1. The Morgan fingerprint density at radius 3 is 2.58 bits per heavy atom. The van der Waals surface area contributed by atoms with E-state index in [0.717, 1.165) is 11.3 Å². The van der Waals surface area contributed by atoms with Crippen LogP contribution in [-0.2, 0) is 19.4 Å². The first kappa shape index (κ1) is 18.9. The lowest BCUT2D eigenvalue weighted by Gasteiger charge is -2.24. The molecule has 9 heteroatoms. The van der Waals surface area contributed by atoms with Crippen LogP contribution in [-0.4, -0.2) is 53.4 Å². The van der Waals surface area contributed by atoms with Gasteiger partial charge in [-0.15, -0.1) is 0 Å². The van der Waals surface area contributed by atoms with Gasteiger partial charge in [-0.3, -0.25) is 9.59 Å². The Morgan fingerprint density at radius 1 is 1.23 bits per heavy atom. The van der Waals surface area contributed by atoms with Gasteiger partial charge in [0.25, 0.3) is 0 Å². The highest BCUT2D eigenvalue weighted by Gasteiger charge is 2.49. The Labute approximate surface area is 156 Å². The molecule has 0 aliphatic carbocycles. The van der Waals surface area contributed by atoms with E-state index in [1.54, 1.807) is 0 Å². The van der Waals surface area contributed by atoms with Gasteiger partial charge in [-0.05, 0) is 25.5 Å². The number of thioether (sulfide) groups is 1. The molecule has 2 aliphatic heterocycles. The van der Waals surface area contributed by atoms with Crippen molar-refractivity contribution in [1.82, 2.24) is 0 Å². The number of carboxylic acid groups (broad SMARTS) is 1. The third-order valence-electron chi connectivity index (χ3n) is 4.38. The molecule has 2 atom stereocenters. The lowest BCUT2D eigenvalue weighted by atomic mass is 10.1. The maximum Gasteiger partial charge on any atom is 0.303 e.